The van der Waals surface area contributed by atoms with Crippen molar-refractivity contribution in [1.82, 2.24) is 9.78 Å². The molecular weight excluding hydrogens is 308 g/mol. The molecule has 3 aromatic rings. The molecule has 0 saturated heterocycles. The first-order chi connectivity index (χ1) is 9.20. The Balaban J connectivity index is 2.10. The van der Waals surface area contributed by atoms with E-state index in [-0.39, 0.29) is 5.78 Å². The molecule has 2 aromatic heterocycles. The van der Waals surface area contributed by atoms with Crippen LogP contribution in [-0.4, -0.2) is 15.6 Å². The zero-order valence-corrected chi connectivity index (χ0v) is 11.8. The van der Waals surface area contributed by atoms with Crippen molar-refractivity contribution in [3.8, 4) is 0 Å². The molecule has 0 atom stereocenters. The largest absolute Gasteiger partial charge is 0.453 e. The predicted molar refractivity (Wildman–Crippen MR) is 75.2 cm³/mol. The van der Waals surface area contributed by atoms with Gasteiger partial charge in [0.2, 0.25) is 5.78 Å². The zero-order valence-electron chi connectivity index (χ0n) is 10.3. The van der Waals surface area contributed by atoms with Crippen LogP contribution in [0.5, 0.6) is 0 Å². The summed E-state index contributed by atoms with van der Waals surface area (Å²) in [4.78, 5) is 12.5. The third-order valence-corrected chi connectivity index (χ3v) is 3.54. The SMILES string of the molecule is CCn1ncc(Br)c1C(=O)c1cc2ccccc2o1. The van der Waals surface area contributed by atoms with E-state index in [1.54, 1.807) is 16.9 Å². The van der Waals surface area contributed by atoms with Gasteiger partial charge in [0.15, 0.2) is 5.76 Å². The Morgan fingerprint density at radius 2 is 2.21 bits per heavy atom. The fourth-order valence-corrected chi connectivity index (χ4v) is 2.51. The molecule has 0 aliphatic rings. The molecule has 1 aromatic carbocycles. The molecule has 0 spiro atoms. The van der Waals surface area contributed by atoms with Gasteiger partial charge in [-0.2, -0.15) is 5.10 Å². The van der Waals surface area contributed by atoms with Crippen molar-refractivity contribution < 1.29 is 9.21 Å². The van der Waals surface area contributed by atoms with E-state index in [0.717, 1.165) is 5.39 Å². The number of furan rings is 1. The predicted octanol–water partition coefficient (Wildman–Crippen LogP) is 3.64. The van der Waals surface area contributed by atoms with E-state index in [0.29, 0.717) is 28.1 Å². The number of aryl methyl sites for hydroxylation is 1. The first-order valence-corrected chi connectivity index (χ1v) is 6.74. The van der Waals surface area contributed by atoms with Crippen LogP contribution in [0.25, 0.3) is 11.0 Å². The number of carbonyl (C=O) groups excluding carboxylic acids is 1. The van der Waals surface area contributed by atoms with Gasteiger partial charge in [-0.25, -0.2) is 0 Å². The van der Waals surface area contributed by atoms with Crippen molar-refractivity contribution in [2.75, 3.05) is 0 Å². The van der Waals surface area contributed by atoms with Crippen molar-refractivity contribution in [2.45, 2.75) is 13.5 Å². The maximum Gasteiger partial charge on any atom is 0.247 e. The molecule has 0 fully saturated rings. The molecule has 2 heterocycles. The third-order valence-electron chi connectivity index (χ3n) is 2.96. The number of para-hydroxylation sites is 1. The molecule has 0 unspecified atom stereocenters. The van der Waals surface area contributed by atoms with Crippen LogP contribution in [-0.2, 0) is 6.54 Å². The molecule has 3 rings (SSSR count). The van der Waals surface area contributed by atoms with Crippen LogP contribution in [0.1, 0.15) is 23.2 Å². The normalized spacial score (nSPS) is 11.1. The summed E-state index contributed by atoms with van der Waals surface area (Å²) in [6.45, 7) is 2.57. The molecule has 0 bridgehead atoms. The lowest BCUT2D eigenvalue weighted by Gasteiger charge is -2.02. The van der Waals surface area contributed by atoms with E-state index in [1.165, 1.54) is 0 Å². The lowest BCUT2D eigenvalue weighted by Crippen LogP contribution is -2.10. The van der Waals surface area contributed by atoms with Gasteiger partial charge >= 0.3 is 0 Å². The average Bonchev–Trinajstić information content (AvgIpc) is 3.01. The topological polar surface area (TPSA) is 48.0 Å². The second-order valence-corrected chi connectivity index (χ2v) is 4.99. The summed E-state index contributed by atoms with van der Waals surface area (Å²) < 4.78 is 7.93. The highest BCUT2D eigenvalue weighted by Gasteiger charge is 2.21. The Bertz CT molecular complexity index is 725. The highest BCUT2D eigenvalue weighted by atomic mass is 79.9. The Morgan fingerprint density at radius 1 is 1.42 bits per heavy atom. The second-order valence-electron chi connectivity index (χ2n) is 4.13. The summed E-state index contributed by atoms with van der Waals surface area (Å²) in [5.41, 5.74) is 1.23. The van der Waals surface area contributed by atoms with E-state index in [9.17, 15) is 4.79 Å². The zero-order chi connectivity index (χ0) is 13.4. The Kier molecular flexibility index (Phi) is 2.98. The molecule has 5 heteroatoms. The number of benzene rings is 1. The van der Waals surface area contributed by atoms with E-state index in [2.05, 4.69) is 21.0 Å². The first kappa shape index (κ1) is 12.2. The number of fused-ring (bicyclic) bond motifs is 1. The first-order valence-electron chi connectivity index (χ1n) is 5.95. The third kappa shape index (κ3) is 2.00. The number of hydrogen-bond donors (Lipinski definition) is 0. The summed E-state index contributed by atoms with van der Waals surface area (Å²) in [5, 5.41) is 5.06. The van der Waals surface area contributed by atoms with Gasteiger partial charge in [-0.3, -0.25) is 9.48 Å². The Hall–Kier alpha value is -1.88. The summed E-state index contributed by atoms with van der Waals surface area (Å²) >= 11 is 3.35. The number of halogens is 1. The quantitative estimate of drug-likeness (QED) is 0.693. The average molecular weight is 319 g/mol. The van der Waals surface area contributed by atoms with Crippen LogP contribution in [0.3, 0.4) is 0 Å². The number of carbonyl (C=O) groups is 1. The molecular formula is C14H11BrN2O2. The molecule has 0 radical (unpaired) electrons. The smallest absolute Gasteiger partial charge is 0.247 e. The summed E-state index contributed by atoms with van der Waals surface area (Å²) in [7, 11) is 0. The van der Waals surface area contributed by atoms with Crippen molar-refractivity contribution in [3.63, 3.8) is 0 Å². The molecule has 0 aliphatic heterocycles. The van der Waals surface area contributed by atoms with Crippen LogP contribution in [0, 0.1) is 0 Å². The van der Waals surface area contributed by atoms with Gasteiger partial charge < -0.3 is 4.42 Å². The standard InChI is InChI=1S/C14H11BrN2O2/c1-2-17-13(10(15)8-16-17)14(18)12-7-9-5-3-4-6-11(9)19-12/h3-8H,2H2,1H3. The van der Waals surface area contributed by atoms with Crippen LogP contribution in [0.4, 0.5) is 0 Å². The Morgan fingerprint density at radius 3 is 2.95 bits per heavy atom. The van der Waals surface area contributed by atoms with E-state index < -0.39 is 0 Å². The highest BCUT2D eigenvalue weighted by Crippen LogP contribution is 2.24. The molecule has 0 aliphatic carbocycles. The molecule has 4 nitrogen and oxygen atoms in total. The van der Waals surface area contributed by atoms with Crippen LogP contribution < -0.4 is 0 Å². The molecule has 96 valence electrons. The van der Waals surface area contributed by atoms with Crippen LogP contribution in [0.2, 0.25) is 0 Å². The van der Waals surface area contributed by atoms with Gasteiger partial charge in [-0.1, -0.05) is 18.2 Å². The number of hydrogen-bond acceptors (Lipinski definition) is 3. The maximum absolute atomic E-state index is 12.5. The minimum atomic E-state index is -0.164. The van der Waals surface area contributed by atoms with Gasteiger partial charge in [0, 0.05) is 11.9 Å². The number of rotatable bonds is 3. The van der Waals surface area contributed by atoms with Crippen molar-refractivity contribution in [1.29, 1.82) is 0 Å². The molecule has 0 N–H and O–H groups in total. The minimum Gasteiger partial charge on any atom is -0.453 e. The van der Waals surface area contributed by atoms with Crippen molar-refractivity contribution in [3.05, 3.63) is 52.5 Å². The van der Waals surface area contributed by atoms with Gasteiger partial charge in [0.1, 0.15) is 11.3 Å². The molecule has 19 heavy (non-hydrogen) atoms. The number of aromatic nitrogens is 2. The number of ketones is 1. The van der Waals surface area contributed by atoms with E-state index >= 15 is 0 Å². The van der Waals surface area contributed by atoms with Gasteiger partial charge in [0.05, 0.1) is 10.7 Å². The molecule has 0 amide bonds. The maximum atomic E-state index is 12.5. The number of nitrogens with zero attached hydrogens (tertiary/aromatic N) is 2. The fraction of sp³-hybridized carbons (Fsp3) is 0.143. The summed E-state index contributed by atoms with van der Waals surface area (Å²) in [6.07, 6.45) is 1.62. The monoisotopic (exact) mass is 318 g/mol. The van der Waals surface area contributed by atoms with Gasteiger partial charge in [0.25, 0.3) is 0 Å². The Labute approximate surface area is 118 Å². The van der Waals surface area contributed by atoms with Crippen molar-refractivity contribution >= 4 is 32.7 Å². The lowest BCUT2D eigenvalue weighted by atomic mass is 10.2. The van der Waals surface area contributed by atoms with Crippen LogP contribution >= 0.6 is 15.9 Å². The summed E-state index contributed by atoms with van der Waals surface area (Å²) in [5.74, 6) is 0.166. The fourth-order valence-electron chi connectivity index (χ4n) is 2.04. The highest BCUT2D eigenvalue weighted by molar-refractivity contribution is 9.10. The van der Waals surface area contributed by atoms with Gasteiger partial charge in [-0.05, 0) is 35.0 Å². The van der Waals surface area contributed by atoms with Gasteiger partial charge in [-0.15, -0.1) is 0 Å². The van der Waals surface area contributed by atoms with Crippen molar-refractivity contribution in [2.24, 2.45) is 0 Å². The molecule has 0 saturated carbocycles. The summed E-state index contributed by atoms with van der Waals surface area (Å²) in [6, 6.07) is 9.32. The van der Waals surface area contributed by atoms with E-state index in [4.69, 9.17) is 4.42 Å². The minimum absolute atomic E-state index is 0.164. The second kappa shape index (κ2) is 4.66. The lowest BCUT2D eigenvalue weighted by molar-refractivity contribution is 0.100. The van der Waals surface area contributed by atoms with E-state index in [1.807, 2.05) is 31.2 Å². The van der Waals surface area contributed by atoms with Crippen LogP contribution in [0.15, 0.2) is 45.4 Å².